The number of alkyl halides is 2. The average molecular weight is 206 g/mol. The summed E-state index contributed by atoms with van der Waals surface area (Å²) in [6, 6.07) is 0. The smallest absolute Gasteiger partial charge is 0.260 e. The highest BCUT2D eigenvalue weighted by Gasteiger charge is 2.33. The minimum Gasteiger partial charge on any atom is -0.294 e. The molecule has 1 rings (SSSR count). The number of nitrogens with one attached hydrogen (secondary N) is 1. The summed E-state index contributed by atoms with van der Waals surface area (Å²) in [5.41, 5.74) is 0. The SMILES string of the molecule is CCC(F)(F)CN1CC(=O)NC(=O)C1. The molecule has 0 aliphatic carbocycles. The zero-order chi connectivity index (χ0) is 10.8. The Morgan fingerprint density at radius 2 is 1.86 bits per heavy atom. The molecule has 6 heteroatoms. The van der Waals surface area contributed by atoms with E-state index in [0.29, 0.717) is 0 Å². The number of rotatable bonds is 3. The van der Waals surface area contributed by atoms with E-state index in [9.17, 15) is 18.4 Å². The molecule has 1 aliphatic heterocycles. The summed E-state index contributed by atoms with van der Waals surface area (Å²) in [7, 11) is 0. The van der Waals surface area contributed by atoms with Crippen LogP contribution in [0, 0.1) is 0 Å². The predicted molar refractivity (Wildman–Crippen MR) is 44.8 cm³/mol. The fraction of sp³-hybridized carbons (Fsp3) is 0.750. The molecule has 1 saturated heterocycles. The Labute approximate surface area is 80.3 Å². The first-order valence-electron chi connectivity index (χ1n) is 4.36. The van der Waals surface area contributed by atoms with Gasteiger partial charge in [0.05, 0.1) is 19.6 Å². The zero-order valence-corrected chi connectivity index (χ0v) is 7.85. The standard InChI is InChI=1S/C8H12F2N2O2/c1-2-8(9,10)5-12-3-6(13)11-7(14)4-12/h2-5H2,1H3,(H,11,13,14). The highest BCUT2D eigenvalue weighted by atomic mass is 19.3. The molecular weight excluding hydrogens is 194 g/mol. The van der Waals surface area contributed by atoms with Crippen molar-refractivity contribution >= 4 is 11.8 Å². The third kappa shape index (κ3) is 3.02. The lowest BCUT2D eigenvalue weighted by Crippen LogP contribution is -2.53. The van der Waals surface area contributed by atoms with Crippen molar-refractivity contribution in [2.45, 2.75) is 19.3 Å². The van der Waals surface area contributed by atoms with Gasteiger partial charge in [0.1, 0.15) is 0 Å². The fourth-order valence-electron chi connectivity index (χ4n) is 1.25. The van der Waals surface area contributed by atoms with E-state index in [1.54, 1.807) is 0 Å². The number of imide groups is 1. The Bertz CT molecular complexity index is 240. The molecule has 2 amide bonds. The predicted octanol–water partition coefficient (Wildman–Crippen LogP) is -0.00990. The second-order valence-electron chi connectivity index (χ2n) is 3.33. The van der Waals surface area contributed by atoms with E-state index in [1.807, 2.05) is 5.32 Å². The summed E-state index contributed by atoms with van der Waals surface area (Å²) in [5, 5.41) is 2.05. The molecule has 80 valence electrons. The third-order valence-electron chi connectivity index (χ3n) is 1.99. The summed E-state index contributed by atoms with van der Waals surface area (Å²) in [5.74, 6) is -3.88. The van der Waals surface area contributed by atoms with Crippen molar-refractivity contribution in [1.29, 1.82) is 0 Å². The lowest BCUT2D eigenvalue weighted by Gasteiger charge is -2.28. The maximum Gasteiger partial charge on any atom is 0.260 e. The van der Waals surface area contributed by atoms with Crippen LogP contribution < -0.4 is 5.32 Å². The molecule has 0 saturated carbocycles. The Morgan fingerprint density at radius 1 is 1.36 bits per heavy atom. The lowest BCUT2D eigenvalue weighted by atomic mass is 10.2. The largest absolute Gasteiger partial charge is 0.294 e. The van der Waals surface area contributed by atoms with Gasteiger partial charge in [-0.05, 0) is 0 Å². The van der Waals surface area contributed by atoms with Crippen molar-refractivity contribution in [1.82, 2.24) is 10.2 Å². The van der Waals surface area contributed by atoms with Crippen LogP contribution in [0.5, 0.6) is 0 Å². The van der Waals surface area contributed by atoms with Gasteiger partial charge in [-0.2, -0.15) is 0 Å². The van der Waals surface area contributed by atoms with E-state index in [4.69, 9.17) is 0 Å². The van der Waals surface area contributed by atoms with Crippen molar-refractivity contribution in [2.24, 2.45) is 0 Å². The van der Waals surface area contributed by atoms with Gasteiger partial charge in [0, 0.05) is 6.42 Å². The summed E-state index contributed by atoms with van der Waals surface area (Å²) >= 11 is 0. The molecule has 1 fully saturated rings. The van der Waals surface area contributed by atoms with Gasteiger partial charge in [-0.25, -0.2) is 8.78 Å². The minimum atomic E-state index is -2.84. The molecule has 1 N–H and O–H groups in total. The molecular formula is C8H12F2N2O2. The molecule has 0 bridgehead atoms. The van der Waals surface area contributed by atoms with Crippen molar-refractivity contribution in [3.05, 3.63) is 0 Å². The van der Waals surface area contributed by atoms with Gasteiger partial charge < -0.3 is 0 Å². The van der Waals surface area contributed by atoms with E-state index in [2.05, 4.69) is 0 Å². The topological polar surface area (TPSA) is 49.4 Å². The number of carbonyl (C=O) groups excluding carboxylic acids is 2. The summed E-state index contributed by atoms with van der Waals surface area (Å²) < 4.78 is 25.8. The van der Waals surface area contributed by atoms with Crippen LogP contribution in [0.25, 0.3) is 0 Å². The van der Waals surface area contributed by atoms with Crippen LogP contribution in [0.2, 0.25) is 0 Å². The van der Waals surface area contributed by atoms with Crippen molar-refractivity contribution < 1.29 is 18.4 Å². The van der Waals surface area contributed by atoms with Crippen LogP contribution >= 0.6 is 0 Å². The maximum absolute atomic E-state index is 12.9. The van der Waals surface area contributed by atoms with Gasteiger partial charge in [0.2, 0.25) is 11.8 Å². The number of hydrogen-bond donors (Lipinski definition) is 1. The summed E-state index contributed by atoms with van der Waals surface area (Å²) in [6.45, 7) is 0.553. The van der Waals surface area contributed by atoms with Crippen LogP contribution in [-0.4, -0.2) is 42.3 Å². The first kappa shape index (κ1) is 11.0. The van der Waals surface area contributed by atoms with Crippen LogP contribution in [0.15, 0.2) is 0 Å². The first-order valence-corrected chi connectivity index (χ1v) is 4.36. The summed E-state index contributed by atoms with van der Waals surface area (Å²) in [4.78, 5) is 22.8. The lowest BCUT2D eigenvalue weighted by molar-refractivity contribution is -0.138. The quantitative estimate of drug-likeness (QED) is 0.661. The molecule has 4 nitrogen and oxygen atoms in total. The second-order valence-corrected chi connectivity index (χ2v) is 3.33. The van der Waals surface area contributed by atoms with E-state index < -0.39 is 24.3 Å². The molecule has 0 aromatic rings. The van der Waals surface area contributed by atoms with Crippen LogP contribution in [-0.2, 0) is 9.59 Å². The molecule has 1 aliphatic rings. The summed E-state index contributed by atoms with van der Waals surface area (Å²) in [6.07, 6.45) is -0.292. The van der Waals surface area contributed by atoms with Gasteiger partial charge in [-0.3, -0.25) is 19.8 Å². The highest BCUT2D eigenvalue weighted by molar-refractivity contribution is 5.99. The van der Waals surface area contributed by atoms with Crippen molar-refractivity contribution in [3.63, 3.8) is 0 Å². The normalized spacial score (nSPS) is 19.6. The molecule has 1 heterocycles. The number of piperazine rings is 1. The van der Waals surface area contributed by atoms with Gasteiger partial charge in [0.25, 0.3) is 5.92 Å². The molecule has 0 unspecified atom stereocenters. The molecule has 0 atom stereocenters. The van der Waals surface area contributed by atoms with Crippen molar-refractivity contribution in [2.75, 3.05) is 19.6 Å². The third-order valence-corrected chi connectivity index (χ3v) is 1.99. The van der Waals surface area contributed by atoms with Gasteiger partial charge in [0.15, 0.2) is 0 Å². The molecule has 14 heavy (non-hydrogen) atoms. The van der Waals surface area contributed by atoms with E-state index in [1.165, 1.54) is 6.92 Å². The molecule has 0 aromatic heterocycles. The second kappa shape index (κ2) is 4.00. The fourth-order valence-corrected chi connectivity index (χ4v) is 1.25. The van der Waals surface area contributed by atoms with Gasteiger partial charge in [-0.1, -0.05) is 6.92 Å². The zero-order valence-electron chi connectivity index (χ0n) is 7.85. The number of carbonyl (C=O) groups is 2. The Balaban J connectivity index is 2.52. The van der Waals surface area contributed by atoms with E-state index in [-0.39, 0.29) is 19.5 Å². The monoisotopic (exact) mass is 206 g/mol. The first-order chi connectivity index (χ1) is 6.43. The Hall–Kier alpha value is -1.04. The molecule has 0 radical (unpaired) electrons. The van der Waals surface area contributed by atoms with Crippen LogP contribution in [0.1, 0.15) is 13.3 Å². The Morgan fingerprint density at radius 3 is 2.29 bits per heavy atom. The van der Waals surface area contributed by atoms with E-state index >= 15 is 0 Å². The van der Waals surface area contributed by atoms with Gasteiger partial charge in [-0.15, -0.1) is 0 Å². The molecule has 0 spiro atoms. The Kier molecular flexibility index (Phi) is 3.15. The number of amides is 2. The van der Waals surface area contributed by atoms with Crippen LogP contribution in [0.3, 0.4) is 0 Å². The van der Waals surface area contributed by atoms with Crippen LogP contribution in [0.4, 0.5) is 8.78 Å². The number of halogens is 2. The van der Waals surface area contributed by atoms with Gasteiger partial charge >= 0.3 is 0 Å². The number of nitrogens with zero attached hydrogens (tertiary/aromatic N) is 1. The van der Waals surface area contributed by atoms with E-state index in [0.717, 1.165) is 4.90 Å². The molecule has 0 aromatic carbocycles. The minimum absolute atomic E-state index is 0.138. The van der Waals surface area contributed by atoms with Crippen molar-refractivity contribution in [3.8, 4) is 0 Å². The average Bonchev–Trinajstić information content (AvgIpc) is 2.01. The highest BCUT2D eigenvalue weighted by Crippen LogP contribution is 2.19. The number of hydrogen-bond acceptors (Lipinski definition) is 3. The maximum atomic E-state index is 12.9.